The smallest absolute Gasteiger partial charge is 0.225 e. The van der Waals surface area contributed by atoms with Crippen molar-refractivity contribution >= 4 is 11.6 Å². The zero-order chi connectivity index (χ0) is 17.8. The molecule has 2 aromatic carbocycles. The summed E-state index contributed by atoms with van der Waals surface area (Å²) in [6.45, 7) is 3.00. The number of anilines is 1. The number of likely N-dealkylation sites (tertiary alicyclic amines) is 1. The Hall–Kier alpha value is -2.53. The highest BCUT2D eigenvalue weighted by atomic mass is 16.6. The van der Waals surface area contributed by atoms with E-state index in [1.807, 2.05) is 36.4 Å². The van der Waals surface area contributed by atoms with Gasteiger partial charge in [0.15, 0.2) is 11.5 Å². The number of nitrogens with zero attached hydrogens (tertiary/aromatic N) is 1. The molecule has 1 unspecified atom stereocenters. The first-order valence-electron chi connectivity index (χ1n) is 9.28. The number of fused-ring (bicyclic) bond motifs is 1. The van der Waals surface area contributed by atoms with Crippen molar-refractivity contribution in [1.29, 1.82) is 0 Å². The summed E-state index contributed by atoms with van der Waals surface area (Å²) in [5.41, 5.74) is 2.09. The van der Waals surface area contributed by atoms with Crippen LogP contribution in [0.5, 0.6) is 11.5 Å². The van der Waals surface area contributed by atoms with Crippen molar-refractivity contribution in [2.75, 3.05) is 31.6 Å². The summed E-state index contributed by atoms with van der Waals surface area (Å²) in [4.78, 5) is 14.6. The topological polar surface area (TPSA) is 50.8 Å². The van der Waals surface area contributed by atoms with E-state index in [4.69, 9.17) is 9.47 Å². The Bertz CT molecular complexity index is 763. The van der Waals surface area contributed by atoms with Gasteiger partial charge in [0.25, 0.3) is 0 Å². The lowest BCUT2D eigenvalue weighted by Crippen LogP contribution is -2.28. The number of nitrogens with one attached hydrogen (secondary N) is 1. The molecule has 0 radical (unpaired) electrons. The summed E-state index contributed by atoms with van der Waals surface area (Å²) < 4.78 is 11.3. The Morgan fingerprint density at radius 3 is 2.73 bits per heavy atom. The number of hydrogen-bond acceptors (Lipinski definition) is 4. The maximum absolute atomic E-state index is 12.2. The molecule has 1 fully saturated rings. The van der Waals surface area contributed by atoms with Gasteiger partial charge < -0.3 is 14.8 Å². The van der Waals surface area contributed by atoms with E-state index in [9.17, 15) is 4.79 Å². The van der Waals surface area contributed by atoms with Gasteiger partial charge >= 0.3 is 0 Å². The van der Waals surface area contributed by atoms with E-state index in [-0.39, 0.29) is 5.91 Å². The molecule has 2 aliphatic heterocycles. The van der Waals surface area contributed by atoms with E-state index in [1.54, 1.807) is 0 Å². The van der Waals surface area contributed by atoms with Crippen molar-refractivity contribution in [1.82, 2.24) is 4.90 Å². The molecule has 0 spiro atoms. The summed E-state index contributed by atoms with van der Waals surface area (Å²) in [6, 6.07) is 16.2. The Labute approximate surface area is 153 Å². The van der Waals surface area contributed by atoms with Gasteiger partial charge in [-0.05, 0) is 49.2 Å². The van der Waals surface area contributed by atoms with Gasteiger partial charge in [-0.3, -0.25) is 9.69 Å². The van der Waals surface area contributed by atoms with Gasteiger partial charge in [0.1, 0.15) is 13.2 Å². The number of ether oxygens (including phenoxy) is 2. The van der Waals surface area contributed by atoms with Gasteiger partial charge in [0.05, 0.1) is 0 Å². The van der Waals surface area contributed by atoms with E-state index in [0.29, 0.717) is 25.7 Å². The highest BCUT2D eigenvalue weighted by Crippen LogP contribution is 2.38. The van der Waals surface area contributed by atoms with E-state index in [1.165, 1.54) is 5.56 Å². The molecule has 5 nitrogen and oxygen atoms in total. The van der Waals surface area contributed by atoms with Crippen molar-refractivity contribution in [2.24, 2.45) is 0 Å². The van der Waals surface area contributed by atoms with E-state index >= 15 is 0 Å². The largest absolute Gasteiger partial charge is 0.486 e. The highest BCUT2D eigenvalue weighted by Gasteiger charge is 2.27. The number of rotatable bonds is 5. The van der Waals surface area contributed by atoms with Crippen molar-refractivity contribution < 1.29 is 14.3 Å². The third kappa shape index (κ3) is 3.83. The van der Waals surface area contributed by atoms with Crippen LogP contribution in [-0.2, 0) is 4.79 Å². The lowest BCUT2D eigenvalue weighted by atomic mass is 10.0. The third-order valence-corrected chi connectivity index (χ3v) is 5.00. The minimum Gasteiger partial charge on any atom is -0.486 e. The molecule has 0 aliphatic carbocycles. The van der Waals surface area contributed by atoms with Crippen molar-refractivity contribution in [3.63, 3.8) is 0 Å². The van der Waals surface area contributed by atoms with Crippen LogP contribution < -0.4 is 14.8 Å². The quantitative estimate of drug-likeness (QED) is 0.893. The predicted octanol–water partition coefficient (Wildman–Crippen LogP) is 3.62. The van der Waals surface area contributed by atoms with Gasteiger partial charge in [-0.2, -0.15) is 0 Å². The molecule has 1 atom stereocenters. The van der Waals surface area contributed by atoms with Gasteiger partial charge in [0, 0.05) is 24.7 Å². The van der Waals surface area contributed by atoms with Crippen molar-refractivity contribution in [3.8, 4) is 11.5 Å². The van der Waals surface area contributed by atoms with E-state index in [0.717, 1.165) is 43.1 Å². The number of amides is 1. The maximum Gasteiger partial charge on any atom is 0.225 e. The minimum absolute atomic E-state index is 0.0593. The summed E-state index contributed by atoms with van der Waals surface area (Å²) in [5.74, 6) is 1.72. The number of benzene rings is 2. The average Bonchev–Trinajstić information content (AvgIpc) is 3.15. The van der Waals surface area contributed by atoms with Crippen LogP contribution in [-0.4, -0.2) is 37.1 Å². The van der Waals surface area contributed by atoms with Gasteiger partial charge in [-0.25, -0.2) is 0 Å². The molecule has 2 heterocycles. The summed E-state index contributed by atoms with van der Waals surface area (Å²) in [6.07, 6.45) is 2.76. The fourth-order valence-corrected chi connectivity index (χ4v) is 3.73. The SMILES string of the molecule is O=C(CCN1CCCC1c1ccc2c(c1)OCCO2)Nc1ccccc1. The normalized spacial score (nSPS) is 19.3. The molecule has 136 valence electrons. The molecule has 1 amide bonds. The first-order chi connectivity index (χ1) is 12.8. The minimum atomic E-state index is 0.0593. The highest BCUT2D eigenvalue weighted by molar-refractivity contribution is 5.90. The van der Waals surface area contributed by atoms with Crippen LogP contribution in [0.4, 0.5) is 5.69 Å². The number of carbonyl (C=O) groups excluding carboxylic acids is 1. The Balaban J connectivity index is 1.37. The Kier molecular flexibility index (Phi) is 5.07. The molecule has 2 aliphatic rings. The van der Waals surface area contributed by atoms with Crippen LogP contribution >= 0.6 is 0 Å². The lowest BCUT2D eigenvalue weighted by Gasteiger charge is -2.26. The van der Waals surface area contributed by atoms with Crippen LogP contribution in [0.3, 0.4) is 0 Å². The second kappa shape index (κ2) is 7.79. The molecule has 0 aromatic heterocycles. The van der Waals surface area contributed by atoms with Crippen LogP contribution in [0.25, 0.3) is 0 Å². The van der Waals surface area contributed by atoms with Crippen LogP contribution in [0.1, 0.15) is 30.9 Å². The predicted molar refractivity (Wildman–Crippen MR) is 101 cm³/mol. The van der Waals surface area contributed by atoms with E-state index < -0.39 is 0 Å². The molecule has 1 N–H and O–H groups in total. The zero-order valence-electron chi connectivity index (χ0n) is 14.8. The second-order valence-electron chi connectivity index (χ2n) is 6.76. The van der Waals surface area contributed by atoms with Crippen LogP contribution in [0.2, 0.25) is 0 Å². The molecule has 26 heavy (non-hydrogen) atoms. The zero-order valence-corrected chi connectivity index (χ0v) is 14.8. The number of para-hydroxylation sites is 1. The second-order valence-corrected chi connectivity index (χ2v) is 6.76. The lowest BCUT2D eigenvalue weighted by molar-refractivity contribution is -0.116. The molecular formula is C21H24N2O3. The number of hydrogen-bond donors (Lipinski definition) is 1. The molecule has 4 rings (SSSR count). The molecule has 0 saturated carbocycles. The van der Waals surface area contributed by atoms with Crippen LogP contribution in [0, 0.1) is 0 Å². The van der Waals surface area contributed by atoms with Crippen molar-refractivity contribution in [3.05, 3.63) is 54.1 Å². The first-order valence-corrected chi connectivity index (χ1v) is 9.28. The van der Waals surface area contributed by atoms with Gasteiger partial charge in [0.2, 0.25) is 5.91 Å². The van der Waals surface area contributed by atoms with E-state index in [2.05, 4.69) is 22.3 Å². The maximum atomic E-state index is 12.2. The Morgan fingerprint density at radius 1 is 1.08 bits per heavy atom. The molecule has 5 heteroatoms. The fourth-order valence-electron chi connectivity index (χ4n) is 3.73. The first kappa shape index (κ1) is 16.9. The van der Waals surface area contributed by atoms with Crippen LogP contribution in [0.15, 0.2) is 48.5 Å². The molecule has 2 aromatic rings. The summed E-state index contributed by atoms with van der Waals surface area (Å²) in [7, 11) is 0. The summed E-state index contributed by atoms with van der Waals surface area (Å²) >= 11 is 0. The fraction of sp³-hybridized carbons (Fsp3) is 0.381. The third-order valence-electron chi connectivity index (χ3n) is 5.00. The monoisotopic (exact) mass is 352 g/mol. The number of carbonyl (C=O) groups is 1. The van der Waals surface area contributed by atoms with Crippen molar-refractivity contribution in [2.45, 2.75) is 25.3 Å². The standard InChI is InChI=1S/C21H24N2O3/c24-21(22-17-5-2-1-3-6-17)10-12-23-11-4-7-18(23)16-8-9-19-20(15-16)26-14-13-25-19/h1-3,5-6,8-9,15,18H,4,7,10-14H2,(H,22,24). The molecule has 1 saturated heterocycles. The molecular weight excluding hydrogens is 328 g/mol. The van der Waals surface area contributed by atoms with Gasteiger partial charge in [-0.15, -0.1) is 0 Å². The Morgan fingerprint density at radius 2 is 1.88 bits per heavy atom. The molecule has 0 bridgehead atoms. The summed E-state index contributed by atoms with van der Waals surface area (Å²) in [5, 5.41) is 2.96. The average molecular weight is 352 g/mol. The van der Waals surface area contributed by atoms with Gasteiger partial charge in [-0.1, -0.05) is 24.3 Å².